The third kappa shape index (κ3) is 6.62. The molecule has 10 heteroatoms. The fourth-order valence-electron chi connectivity index (χ4n) is 4.68. The van der Waals surface area contributed by atoms with Gasteiger partial charge in [0.25, 0.3) is 5.56 Å². The number of para-hydroxylation sites is 1. The predicted octanol–water partition coefficient (Wildman–Crippen LogP) is 6.25. The Morgan fingerprint density at radius 1 is 1.09 bits per heavy atom. The third-order valence-electron chi connectivity index (χ3n) is 6.68. The molecule has 0 saturated heterocycles. The predicted molar refractivity (Wildman–Crippen MR) is 170 cm³/mol. The van der Waals surface area contributed by atoms with Gasteiger partial charge in [0, 0.05) is 21.2 Å². The Balaban J connectivity index is 1.57. The topological polar surface area (TPSA) is 79.1 Å². The minimum Gasteiger partial charge on any atom is -0.490 e. The summed E-state index contributed by atoms with van der Waals surface area (Å²) in [4.78, 5) is 32.3. The van der Waals surface area contributed by atoms with Crippen LogP contribution in [0.25, 0.3) is 6.08 Å². The van der Waals surface area contributed by atoms with Crippen LogP contribution in [0.4, 0.5) is 0 Å². The molecule has 0 unspecified atom stereocenters. The molecular weight excluding hydrogens is 607 g/mol. The Bertz CT molecular complexity index is 1890. The second-order valence-electron chi connectivity index (χ2n) is 9.53. The molecule has 0 fully saturated rings. The number of allylic oxidation sites excluding steroid dienone is 1. The molecule has 1 aliphatic rings. The van der Waals surface area contributed by atoms with E-state index in [2.05, 4.69) is 11.6 Å². The molecule has 2 heterocycles. The second-order valence-corrected chi connectivity index (χ2v) is 11.4. The highest BCUT2D eigenvalue weighted by molar-refractivity contribution is 7.07. The van der Waals surface area contributed by atoms with Crippen LogP contribution >= 0.6 is 34.5 Å². The number of carbonyl (C=O) groups is 1. The molecule has 0 aliphatic carbocycles. The Morgan fingerprint density at radius 2 is 1.86 bits per heavy atom. The number of halogens is 2. The normalized spacial score (nSPS) is 14.6. The zero-order valence-electron chi connectivity index (χ0n) is 23.5. The second kappa shape index (κ2) is 13.5. The highest BCUT2D eigenvalue weighted by Gasteiger charge is 2.33. The number of benzene rings is 3. The van der Waals surface area contributed by atoms with E-state index in [9.17, 15) is 9.59 Å². The molecule has 4 aromatic rings. The van der Waals surface area contributed by atoms with Crippen molar-refractivity contribution in [2.75, 3.05) is 13.2 Å². The van der Waals surface area contributed by atoms with Crippen molar-refractivity contribution < 1.29 is 19.0 Å². The molecule has 0 bridgehead atoms. The molecule has 220 valence electrons. The van der Waals surface area contributed by atoms with Gasteiger partial charge in [-0.25, -0.2) is 9.79 Å². The Morgan fingerprint density at radius 3 is 2.58 bits per heavy atom. The Kier molecular flexibility index (Phi) is 9.50. The summed E-state index contributed by atoms with van der Waals surface area (Å²) >= 11 is 13.6. The lowest BCUT2D eigenvalue weighted by molar-refractivity contribution is -0.139. The molecular formula is C33H28Cl2N2O5S. The fraction of sp³-hybridized carbons (Fsp3) is 0.182. The van der Waals surface area contributed by atoms with Gasteiger partial charge in [0.1, 0.15) is 24.7 Å². The van der Waals surface area contributed by atoms with Crippen LogP contribution in [0.5, 0.6) is 11.5 Å². The van der Waals surface area contributed by atoms with E-state index in [1.807, 2.05) is 42.5 Å². The molecule has 1 aliphatic heterocycles. The van der Waals surface area contributed by atoms with Crippen molar-refractivity contribution >= 4 is 46.6 Å². The quantitative estimate of drug-likeness (QED) is 0.152. The van der Waals surface area contributed by atoms with Crippen molar-refractivity contribution in [1.29, 1.82) is 0 Å². The van der Waals surface area contributed by atoms with Crippen LogP contribution in [-0.4, -0.2) is 23.8 Å². The van der Waals surface area contributed by atoms with Crippen LogP contribution in [0.1, 0.15) is 36.6 Å². The molecule has 5 rings (SSSR count). The van der Waals surface area contributed by atoms with Gasteiger partial charge in [0.2, 0.25) is 0 Å². The minimum absolute atomic E-state index is 0.194. The van der Waals surface area contributed by atoms with Gasteiger partial charge in [-0.05, 0) is 55.8 Å². The van der Waals surface area contributed by atoms with E-state index in [0.717, 1.165) is 11.1 Å². The zero-order chi connectivity index (χ0) is 30.5. The lowest BCUT2D eigenvalue weighted by Crippen LogP contribution is -2.39. The maximum atomic E-state index is 14.0. The monoisotopic (exact) mass is 634 g/mol. The highest BCUT2D eigenvalue weighted by atomic mass is 35.5. The van der Waals surface area contributed by atoms with Crippen molar-refractivity contribution in [3.8, 4) is 11.5 Å². The average molecular weight is 636 g/mol. The van der Waals surface area contributed by atoms with Crippen molar-refractivity contribution in [3.05, 3.63) is 137 Å². The first-order valence-corrected chi connectivity index (χ1v) is 15.1. The van der Waals surface area contributed by atoms with Crippen molar-refractivity contribution in [2.45, 2.75) is 26.5 Å². The number of thiazole rings is 1. The third-order valence-corrected chi connectivity index (χ3v) is 8.25. The molecule has 3 aromatic carbocycles. The maximum Gasteiger partial charge on any atom is 0.338 e. The summed E-state index contributed by atoms with van der Waals surface area (Å²) in [5, 5.41) is 1.05. The van der Waals surface area contributed by atoms with E-state index < -0.39 is 12.0 Å². The van der Waals surface area contributed by atoms with Gasteiger partial charge in [-0.3, -0.25) is 9.36 Å². The molecule has 7 nitrogen and oxygen atoms in total. The number of fused-ring (bicyclic) bond motifs is 1. The first-order chi connectivity index (χ1) is 20.8. The van der Waals surface area contributed by atoms with Gasteiger partial charge in [0.15, 0.2) is 4.80 Å². The number of rotatable bonds is 10. The van der Waals surface area contributed by atoms with E-state index >= 15 is 0 Å². The first-order valence-electron chi connectivity index (χ1n) is 13.5. The lowest BCUT2D eigenvalue weighted by atomic mass is 9.96. The van der Waals surface area contributed by atoms with Crippen LogP contribution in [0.15, 0.2) is 100 Å². The highest BCUT2D eigenvalue weighted by Crippen LogP contribution is 2.32. The van der Waals surface area contributed by atoms with Gasteiger partial charge in [-0.2, -0.15) is 0 Å². The molecule has 1 aromatic heterocycles. The molecule has 0 radical (unpaired) electrons. The summed E-state index contributed by atoms with van der Waals surface area (Å²) in [6.45, 7) is 7.94. The standard InChI is InChI=1S/C33H28Cl2N2O5S/c1-4-16-41-25-14-11-21(12-15-25)30-29(32(39)40-5-2)20(3)36-33-37(30)31(38)28(43-33)17-22-8-6-7-9-27(22)42-19-23-10-13-24(34)18-26(23)35/h4,6-15,17-18,30H,1,5,16,19H2,2-3H3/b28-17+/t30-/m0/s1. The van der Waals surface area contributed by atoms with Crippen molar-refractivity contribution in [3.63, 3.8) is 0 Å². The Hall–Kier alpha value is -4.11. The number of hydrogen-bond donors (Lipinski definition) is 0. The summed E-state index contributed by atoms with van der Waals surface area (Å²) in [7, 11) is 0. The zero-order valence-corrected chi connectivity index (χ0v) is 25.8. The smallest absolute Gasteiger partial charge is 0.338 e. The number of aromatic nitrogens is 1. The van der Waals surface area contributed by atoms with Crippen LogP contribution in [0.2, 0.25) is 10.0 Å². The number of esters is 1. The first kappa shape index (κ1) is 30.4. The van der Waals surface area contributed by atoms with Crippen LogP contribution in [0, 0.1) is 0 Å². The summed E-state index contributed by atoms with van der Waals surface area (Å²) < 4.78 is 19.1. The lowest BCUT2D eigenvalue weighted by Gasteiger charge is -2.24. The van der Waals surface area contributed by atoms with Crippen LogP contribution in [0.3, 0.4) is 0 Å². The summed E-state index contributed by atoms with van der Waals surface area (Å²) in [6.07, 6.45) is 3.43. The number of nitrogens with zero attached hydrogens (tertiary/aromatic N) is 2. The van der Waals surface area contributed by atoms with Gasteiger partial charge in [-0.15, -0.1) is 0 Å². The van der Waals surface area contributed by atoms with Crippen molar-refractivity contribution in [2.24, 2.45) is 4.99 Å². The summed E-state index contributed by atoms with van der Waals surface area (Å²) in [5.74, 6) is 0.704. The van der Waals surface area contributed by atoms with Gasteiger partial charge >= 0.3 is 5.97 Å². The van der Waals surface area contributed by atoms with Gasteiger partial charge in [-0.1, -0.05) is 83.6 Å². The van der Waals surface area contributed by atoms with E-state index in [-0.39, 0.29) is 18.8 Å². The average Bonchev–Trinajstić information content (AvgIpc) is 3.29. The molecule has 0 N–H and O–H groups in total. The molecule has 0 saturated carbocycles. The summed E-state index contributed by atoms with van der Waals surface area (Å²) in [6, 6.07) is 19.2. The van der Waals surface area contributed by atoms with Gasteiger partial charge in [0.05, 0.1) is 28.5 Å². The maximum absolute atomic E-state index is 14.0. The van der Waals surface area contributed by atoms with E-state index in [1.165, 1.54) is 11.3 Å². The summed E-state index contributed by atoms with van der Waals surface area (Å²) in [5.41, 5.74) is 2.73. The molecule has 43 heavy (non-hydrogen) atoms. The van der Waals surface area contributed by atoms with E-state index in [0.29, 0.717) is 54.3 Å². The van der Waals surface area contributed by atoms with Crippen molar-refractivity contribution in [1.82, 2.24) is 4.57 Å². The largest absolute Gasteiger partial charge is 0.490 e. The van der Waals surface area contributed by atoms with Crippen LogP contribution < -0.4 is 24.4 Å². The molecule has 1 atom stereocenters. The van der Waals surface area contributed by atoms with E-state index in [4.69, 9.17) is 37.4 Å². The fourth-order valence-corrected chi connectivity index (χ4v) is 6.18. The Labute approximate surface area is 262 Å². The molecule has 0 spiro atoms. The number of carbonyl (C=O) groups excluding carboxylic acids is 1. The van der Waals surface area contributed by atoms with Crippen LogP contribution in [-0.2, 0) is 16.1 Å². The van der Waals surface area contributed by atoms with Gasteiger partial charge < -0.3 is 14.2 Å². The number of ether oxygens (including phenoxy) is 3. The SMILES string of the molecule is C=CCOc1ccc([C@H]2C(C(=O)OCC)=C(C)N=c3s/c(=C/c4ccccc4OCc4ccc(Cl)cc4Cl)c(=O)n32)cc1. The molecule has 0 amide bonds. The number of hydrogen-bond acceptors (Lipinski definition) is 7. The minimum atomic E-state index is -0.732. The van der Waals surface area contributed by atoms with E-state index in [1.54, 1.807) is 54.8 Å².